The van der Waals surface area contributed by atoms with Crippen molar-refractivity contribution in [2.45, 2.75) is 39.3 Å². The second-order valence-corrected chi connectivity index (χ2v) is 7.03. The van der Waals surface area contributed by atoms with Crippen LogP contribution in [0, 0.1) is 0 Å². The summed E-state index contributed by atoms with van der Waals surface area (Å²) in [6.45, 7) is 6.76. The molecule has 0 aliphatic rings. The molecule has 0 radical (unpaired) electrons. The third-order valence-corrected chi connectivity index (χ3v) is 3.27. The smallest absolute Gasteiger partial charge is 0.344 e. The van der Waals surface area contributed by atoms with Crippen LogP contribution >= 0.6 is 27.5 Å². The fourth-order valence-electron chi connectivity index (χ4n) is 1.48. The van der Waals surface area contributed by atoms with Crippen LogP contribution in [0.3, 0.4) is 0 Å². The van der Waals surface area contributed by atoms with Gasteiger partial charge in [0.2, 0.25) is 0 Å². The van der Waals surface area contributed by atoms with Gasteiger partial charge in [-0.05, 0) is 61.8 Å². The van der Waals surface area contributed by atoms with Crippen molar-refractivity contribution >= 4 is 39.4 Å². The number of esters is 1. The van der Waals surface area contributed by atoms with Crippen LogP contribution in [-0.4, -0.2) is 30.1 Å². The summed E-state index contributed by atoms with van der Waals surface area (Å²) in [4.78, 5) is 23.5. The Balaban J connectivity index is 2.47. The van der Waals surface area contributed by atoms with E-state index in [1.165, 1.54) is 6.92 Å². The molecule has 0 aliphatic heterocycles. The second-order valence-electron chi connectivity index (χ2n) is 5.73. The van der Waals surface area contributed by atoms with E-state index in [2.05, 4.69) is 21.2 Å². The van der Waals surface area contributed by atoms with Gasteiger partial charge in [-0.3, -0.25) is 4.79 Å². The lowest BCUT2D eigenvalue weighted by atomic mass is 10.1. The molecule has 1 rings (SSSR count). The molecule has 5 nitrogen and oxygen atoms in total. The van der Waals surface area contributed by atoms with E-state index >= 15 is 0 Å². The third kappa shape index (κ3) is 6.66. The molecular weight excluding hydrogens is 374 g/mol. The van der Waals surface area contributed by atoms with E-state index in [9.17, 15) is 9.59 Å². The molecule has 0 spiro atoms. The van der Waals surface area contributed by atoms with Crippen LogP contribution in [0.2, 0.25) is 5.02 Å². The normalized spacial score (nSPS) is 12.5. The van der Waals surface area contributed by atoms with E-state index in [1.54, 1.807) is 18.2 Å². The van der Waals surface area contributed by atoms with Gasteiger partial charge in [0.05, 0.1) is 4.47 Å². The SMILES string of the molecule is C[C@@H](OC(=O)COc1ccc(Cl)cc1Br)C(=O)NC(C)(C)C. The molecule has 0 saturated carbocycles. The molecular formula is C15H19BrClNO4. The molecule has 7 heteroatoms. The Bertz CT molecular complexity index is 557. The number of hydrogen-bond donors (Lipinski definition) is 1. The van der Waals surface area contributed by atoms with Crippen LogP contribution < -0.4 is 10.1 Å². The molecule has 1 aromatic carbocycles. The highest BCUT2D eigenvalue weighted by atomic mass is 79.9. The Morgan fingerprint density at radius 1 is 1.36 bits per heavy atom. The lowest BCUT2D eigenvalue weighted by molar-refractivity contribution is -0.157. The van der Waals surface area contributed by atoms with Gasteiger partial charge in [-0.25, -0.2) is 4.79 Å². The van der Waals surface area contributed by atoms with Crippen LogP contribution in [0.25, 0.3) is 0 Å². The van der Waals surface area contributed by atoms with Crippen molar-refractivity contribution in [3.05, 3.63) is 27.7 Å². The van der Waals surface area contributed by atoms with Gasteiger partial charge in [-0.2, -0.15) is 0 Å². The first-order valence-electron chi connectivity index (χ1n) is 6.68. The minimum Gasteiger partial charge on any atom is -0.481 e. The lowest BCUT2D eigenvalue weighted by Gasteiger charge is -2.23. The standard InChI is InChI=1S/C15H19BrClNO4/c1-9(14(20)18-15(2,3)4)22-13(19)8-21-12-6-5-10(17)7-11(12)16/h5-7,9H,8H2,1-4H3,(H,18,20)/t9-/m1/s1. The van der Waals surface area contributed by atoms with Gasteiger partial charge >= 0.3 is 5.97 Å². The zero-order chi connectivity index (χ0) is 16.9. The number of hydrogen-bond acceptors (Lipinski definition) is 4. The molecule has 0 aromatic heterocycles. The van der Waals surface area contributed by atoms with E-state index in [4.69, 9.17) is 21.1 Å². The molecule has 1 amide bonds. The topological polar surface area (TPSA) is 64.6 Å². The minimum atomic E-state index is -0.885. The highest BCUT2D eigenvalue weighted by Gasteiger charge is 2.22. The maximum atomic E-state index is 11.8. The number of nitrogens with one attached hydrogen (secondary N) is 1. The van der Waals surface area contributed by atoms with Crippen molar-refractivity contribution in [1.82, 2.24) is 5.32 Å². The molecule has 0 heterocycles. The summed E-state index contributed by atoms with van der Waals surface area (Å²) in [7, 11) is 0. The van der Waals surface area contributed by atoms with Gasteiger partial charge in [-0.1, -0.05) is 11.6 Å². The van der Waals surface area contributed by atoms with Crippen LogP contribution in [0.1, 0.15) is 27.7 Å². The maximum absolute atomic E-state index is 11.8. The van der Waals surface area contributed by atoms with Gasteiger partial charge in [0.25, 0.3) is 5.91 Å². The number of amides is 1. The van der Waals surface area contributed by atoms with Crippen molar-refractivity contribution < 1.29 is 19.1 Å². The quantitative estimate of drug-likeness (QED) is 0.781. The number of rotatable bonds is 5. The van der Waals surface area contributed by atoms with Crippen molar-refractivity contribution in [1.29, 1.82) is 0 Å². The number of halogens is 2. The average molecular weight is 393 g/mol. The number of carbonyl (C=O) groups is 2. The fourth-order valence-corrected chi connectivity index (χ4v) is 2.28. The molecule has 22 heavy (non-hydrogen) atoms. The van der Waals surface area contributed by atoms with Crippen LogP contribution in [0.4, 0.5) is 0 Å². The van der Waals surface area contributed by atoms with E-state index in [0.717, 1.165) is 0 Å². The first-order chi connectivity index (χ1) is 10.1. The van der Waals surface area contributed by atoms with Crippen LogP contribution in [0.5, 0.6) is 5.75 Å². The minimum absolute atomic E-state index is 0.298. The van der Waals surface area contributed by atoms with E-state index in [1.807, 2.05) is 20.8 Å². The Labute approximate surface area is 143 Å². The molecule has 0 aliphatic carbocycles. The van der Waals surface area contributed by atoms with Gasteiger partial charge in [0, 0.05) is 10.6 Å². The predicted molar refractivity (Wildman–Crippen MR) is 88.1 cm³/mol. The molecule has 1 atom stereocenters. The van der Waals surface area contributed by atoms with Crippen molar-refractivity contribution in [2.75, 3.05) is 6.61 Å². The average Bonchev–Trinajstić information content (AvgIpc) is 2.35. The van der Waals surface area contributed by atoms with E-state index in [-0.39, 0.29) is 18.1 Å². The van der Waals surface area contributed by atoms with Gasteiger partial charge < -0.3 is 14.8 Å². The summed E-state index contributed by atoms with van der Waals surface area (Å²) in [6, 6.07) is 4.93. The Hall–Kier alpha value is -1.27. The number of ether oxygens (including phenoxy) is 2. The van der Waals surface area contributed by atoms with Crippen LogP contribution in [-0.2, 0) is 14.3 Å². The van der Waals surface area contributed by atoms with Gasteiger partial charge in [-0.15, -0.1) is 0 Å². The van der Waals surface area contributed by atoms with Crippen molar-refractivity contribution in [3.8, 4) is 5.75 Å². The summed E-state index contributed by atoms with van der Waals surface area (Å²) in [5.74, 6) is -0.514. The van der Waals surface area contributed by atoms with E-state index in [0.29, 0.717) is 15.2 Å². The van der Waals surface area contributed by atoms with Gasteiger partial charge in [0.1, 0.15) is 5.75 Å². The molecule has 0 saturated heterocycles. The third-order valence-electron chi connectivity index (χ3n) is 2.42. The van der Waals surface area contributed by atoms with Crippen LogP contribution in [0.15, 0.2) is 22.7 Å². The highest BCUT2D eigenvalue weighted by molar-refractivity contribution is 9.10. The summed E-state index contributed by atoms with van der Waals surface area (Å²) in [5.41, 5.74) is -0.386. The first kappa shape index (κ1) is 18.8. The molecule has 0 bridgehead atoms. The molecule has 0 fully saturated rings. The molecule has 1 N–H and O–H groups in total. The number of benzene rings is 1. The second kappa shape index (κ2) is 7.83. The van der Waals surface area contributed by atoms with Gasteiger partial charge in [0.15, 0.2) is 12.7 Å². The van der Waals surface area contributed by atoms with Crippen molar-refractivity contribution in [3.63, 3.8) is 0 Å². The highest BCUT2D eigenvalue weighted by Crippen LogP contribution is 2.27. The summed E-state index contributed by atoms with van der Waals surface area (Å²) in [5, 5.41) is 3.28. The molecule has 1 aromatic rings. The predicted octanol–water partition coefficient (Wildman–Crippen LogP) is 3.33. The van der Waals surface area contributed by atoms with E-state index < -0.39 is 12.1 Å². The largest absolute Gasteiger partial charge is 0.481 e. The summed E-state index contributed by atoms with van der Waals surface area (Å²) < 4.78 is 11.0. The Kier molecular flexibility index (Phi) is 6.68. The summed E-state index contributed by atoms with van der Waals surface area (Å²) in [6.07, 6.45) is -0.885. The monoisotopic (exact) mass is 391 g/mol. The van der Waals surface area contributed by atoms with Crippen molar-refractivity contribution in [2.24, 2.45) is 0 Å². The lowest BCUT2D eigenvalue weighted by Crippen LogP contribution is -2.46. The molecule has 0 unspecified atom stereocenters. The maximum Gasteiger partial charge on any atom is 0.344 e. The Morgan fingerprint density at radius 3 is 2.55 bits per heavy atom. The first-order valence-corrected chi connectivity index (χ1v) is 7.85. The fraction of sp³-hybridized carbons (Fsp3) is 0.467. The molecule has 122 valence electrons. The zero-order valence-electron chi connectivity index (χ0n) is 12.9. The zero-order valence-corrected chi connectivity index (χ0v) is 15.2. The Morgan fingerprint density at radius 2 is 2.00 bits per heavy atom. The summed E-state index contributed by atoms with van der Waals surface area (Å²) >= 11 is 9.09. The number of carbonyl (C=O) groups excluding carboxylic acids is 2.